The summed E-state index contributed by atoms with van der Waals surface area (Å²) in [7, 11) is 0. The average Bonchev–Trinajstić information content (AvgIpc) is 2.34. The van der Waals surface area contributed by atoms with Crippen molar-refractivity contribution < 1.29 is 4.39 Å². The van der Waals surface area contributed by atoms with Crippen LogP contribution in [0, 0.1) is 5.82 Å². The smallest absolute Gasteiger partial charge is 0.128 e. The van der Waals surface area contributed by atoms with Gasteiger partial charge in [-0.3, -0.25) is 0 Å². The molecule has 1 nitrogen and oxygen atoms in total. The number of hydrogen-bond donors (Lipinski definition) is 1. The van der Waals surface area contributed by atoms with E-state index in [0.717, 1.165) is 10.2 Å². The Labute approximate surface area is 119 Å². The molecule has 1 unspecified atom stereocenters. The Balaban J connectivity index is 2.19. The van der Waals surface area contributed by atoms with E-state index in [2.05, 4.69) is 21.2 Å². The van der Waals surface area contributed by atoms with Crippen LogP contribution >= 0.6 is 27.5 Å². The summed E-state index contributed by atoms with van der Waals surface area (Å²) in [5, 5.41) is 3.85. The first-order valence-corrected chi connectivity index (χ1v) is 6.71. The third-order valence-electron chi connectivity index (χ3n) is 2.67. The molecule has 2 aromatic carbocycles. The Hall–Kier alpha value is -1.06. The highest BCUT2D eigenvalue weighted by Crippen LogP contribution is 2.28. The van der Waals surface area contributed by atoms with Crippen molar-refractivity contribution in [2.45, 2.75) is 13.0 Å². The molecule has 2 rings (SSSR count). The van der Waals surface area contributed by atoms with Gasteiger partial charge in [-0.05, 0) is 47.1 Å². The van der Waals surface area contributed by atoms with E-state index >= 15 is 0 Å². The van der Waals surface area contributed by atoms with Gasteiger partial charge in [0.1, 0.15) is 5.82 Å². The van der Waals surface area contributed by atoms with E-state index < -0.39 is 0 Å². The molecular formula is C14H12BrClFN. The number of rotatable bonds is 3. The molecule has 0 saturated heterocycles. The van der Waals surface area contributed by atoms with Gasteiger partial charge in [0.25, 0.3) is 0 Å². The Morgan fingerprint density at radius 3 is 2.61 bits per heavy atom. The van der Waals surface area contributed by atoms with E-state index in [1.165, 1.54) is 6.07 Å². The minimum atomic E-state index is -0.208. The molecular weight excluding hydrogens is 317 g/mol. The quantitative estimate of drug-likeness (QED) is 0.794. The molecule has 4 heteroatoms. The lowest BCUT2D eigenvalue weighted by molar-refractivity contribution is 0.600. The lowest BCUT2D eigenvalue weighted by atomic mass is 10.1. The van der Waals surface area contributed by atoms with Gasteiger partial charge in [-0.25, -0.2) is 4.39 Å². The summed E-state index contributed by atoms with van der Waals surface area (Å²) in [6, 6.07) is 12.2. The molecule has 1 N–H and O–H groups in total. The highest BCUT2D eigenvalue weighted by molar-refractivity contribution is 9.10. The van der Waals surface area contributed by atoms with Crippen LogP contribution in [0.4, 0.5) is 10.1 Å². The second-order valence-electron chi connectivity index (χ2n) is 4.02. The molecule has 0 aliphatic rings. The zero-order valence-corrected chi connectivity index (χ0v) is 12.1. The summed E-state index contributed by atoms with van der Waals surface area (Å²) in [5.74, 6) is -0.208. The second kappa shape index (κ2) is 5.72. The number of halogens is 3. The van der Waals surface area contributed by atoms with Crippen molar-refractivity contribution in [1.82, 2.24) is 0 Å². The van der Waals surface area contributed by atoms with Gasteiger partial charge < -0.3 is 5.32 Å². The molecule has 94 valence electrons. The van der Waals surface area contributed by atoms with Crippen LogP contribution in [0.5, 0.6) is 0 Å². The fraction of sp³-hybridized carbons (Fsp3) is 0.143. The molecule has 1 atom stereocenters. The van der Waals surface area contributed by atoms with E-state index in [9.17, 15) is 4.39 Å². The van der Waals surface area contributed by atoms with Gasteiger partial charge in [-0.1, -0.05) is 29.8 Å². The topological polar surface area (TPSA) is 12.0 Å². The monoisotopic (exact) mass is 327 g/mol. The van der Waals surface area contributed by atoms with E-state index in [1.807, 2.05) is 31.2 Å². The maximum Gasteiger partial charge on any atom is 0.128 e. The molecule has 0 aromatic heterocycles. The van der Waals surface area contributed by atoms with Crippen molar-refractivity contribution >= 4 is 33.2 Å². The zero-order chi connectivity index (χ0) is 13.1. The van der Waals surface area contributed by atoms with Crippen LogP contribution in [0.25, 0.3) is 0 Å². The van der Waals surface area contributed by atoms with Crippen LogP contribution in [-0.4, -0.2) is 0 Å². The normalized spacial score (nSPS) is 12.2. The van der Waals surface area contributed by atoms with Crippen LogP contribution in [0.2, 0.25) is 5.02 Å². The van der Waals surface area contributed by atoms with E-state index in [4.69, 9.17) is 11.6 Å². The third kappa shape index (κ3) is 3.03. The Morgan fingerprint density at radius 1 is 1.22 bits per heavy atom. The number of benzene rings is 2. The predicted octanol–water partition coefficient (Wildman–Crippen LogP) is 5.41. The Kier molecular flexibility index (Phi) is 4.25. The molecule has 0 saturated carbocycles. The van der Waals surface area contributed by atoms with Crippen LogP contribution < -0.4 is 5.32 Å². The Morgan fingerprint density at radius 2 is 1.94 bits per heavy atom. The summed E-state index contributed by atoms with van der Waals surface area (Å²) in [4.78, 5) is 0. The van der Waals surface area contributed by atoms with Gasteiger partial charge in [0.2, 0.25) is 0 Å². The Bertz CT molecular complexity index is 559. The second-order valence-corrected chi connectivity index (χ2v) is 5.28. The molecule has 0 aliphatic carbocycles. The van der Waals surface area contributed by atoms with Gasteiger partial charge in [0.15, 0.2) is 0 Å². The van der Waals surface area contributed by atoms with Crippen molar-refractivity contribution in [3.05, 3.63) is 63.3 Å². The van der Waals surface area contributed by atoms with Gasteiger partial charge >= 0.3 is 0 Å². The third-order valence-corrected chi connectivity index (χ3v) is 3.91. The molecule has 0 spiro atoms. The standard InChI is InChI=1S/C14H12BrClFN/c1-9(11-4-2-3-5-14(11)17)18-10-6-7-12(15)13(16)8-10/h2-9,18H,1H3. The summed E-state index contributed by atoms with van der Waals surface area (Å²) >= 11 is 9.35. The molecule has 18 heavy (non-hydrogen) atoms. The molecule has 0 fully saturated rings. The van der Waals surface area contributed by atoms with Crippen molar-refractivity contribution in [1.29, 1.82) is 0 Å². The van der Waals surface area contributed by atoms with Gasteiger partial charge in [-0.2, -0.15) is 0 Å². The van der Waals surface area contributed by atoms with E-state index in [0.29, 0.717) is 10.6 Å². The largest absolute Gasteiger partial charge is 0.378 e. The van der Waals surface area contributed by atoms with Crippen molar-refractivity contribution in [2.75, 3.05) is 5.32 Å². The van der Waals surface area contributed by atoms with Crippen molar-refractivity contribution in [3.63, 3.8) is 0 Å². The highest BCUT2D eigenvalue weighted by Gasteiger charge is 2.10. The van der Waals surface area contributed by atoms with Gasteiger partial charge in [0.05, 0.1) is 11.1 Å². The van der Waals surface area contributed by atoms with Crippen LogP contribution in [0.1, 0.15) is 18.5 Å². The first-order valence-electron chi connectivity index (χ1n) is 5.54. The average molecular weight is 329 g/mol. The first-order chi connectivity index (χ1) is 8.58. The maximum absolute atomic E-state index is 13.6. The molecule has 0 heterocycles. The molecule has 0 aliphatic heterocycles. The zero-order valence-electron chi connectivity index (χ0n) is 9.75. The number of nitrogens with one attached hydrogen (secondary N) is 1. The minimum absolute atomic E-state index is 0.122. The fourth-order valence-electron chi connectivity index (χ4n) is 1.74. The van der Waals surface area contributed by atoms with E-state index in [-0.39, 0.29) is 11.9 Å². The molecule has 2 aromatic rings. The van der Waals surface area contributed by atoms with Gasteiger partial charge in [-0.15, -0.1) is 0 Å². The lowest BCUT2D eigenvalue weighted by Gasteiger charge is -2.16. The molecule has 0 radical (unpaired) electrons. The van der Waals surface area contributed by atoms with Crippen LogP contribution in [-0.2, 0) is 0 Å². The van der Waals surface area contributed by atoms with Gasteiger partial charge in [0, 0.05) is 15.7 Å². The highest BCUT2D eigenvalue weighted by atomic mass is 79.9. The van der Waals surface area contributed by atoms with E-state index in [1.54, 1.807) is 12.1 Å². The number of anilines is 1. The summed E-state index contributed by atoms with van der Waals surface area (Å²) in [6.45, 7) is 1.91. The predicted molar refractivity (Wildman–Crippen MR) is 77.6 cm³/mol. The van der Waals surface area contributed by atoms with Crippen molar-refractivity contribution in [3.8, 4) is 0 Å². The summed E-state index contributed by atoms with van der Waals surface area (Å²) in [6.07, 6.45) is 0. The van der Waals surface area contributed by atoms with Crippen molar-refractivity contribution in [2.24, 2.45) is 0 Å². The number of hydrogen-bond acceptors (Lipinski definition) is 1. The molecule has 0 amide bonds. The first kappa shape index (κ1) is 13.4. The van der Waals surface area contributed by atoms with Crippen LogP contribution in [0.15, 0.2) is 46.9 Å². The SMILES string of the molecule is CC(Nc1ccc(Br)c(Cl)c1)c1ccccc1F. The lowest BCUT2D eigenvalue weighted by Crippen LogP contribution is -2.08. The summed E-state index contributed by atoms with van der Waals surface area (Å²) < 4.78 is 14.5. The maximum atomic E-state index is 13.6. The fourth-order valence-corrected chi connectivity index (χ4v) is 2.17. The van der Waals surface area contributed by atoms with Crippen LogP contribution in [0.3, 0.4) is 0 Å². The molecule has 0 bridgehead atoms. The summed E-state index contributed by atoms with van der Waals surface area (Å²) in [5.41, 5.74) is 1.50. The minimum Gasteiger partial charge on any atom is -0.378 e.